The molecule has 8 heteroatoms. The number of hydrogen-bond acceptors (Lipinski definition) is 6. The normalized spacial score (nSPS) is 13.8. The zero-order valence-electron chi connectivity index (χ0n) is 17.5. The second-order valence-corrected chi connectivity index (χ2v) is 7.07. The number of amides is 2. The molecule has 1 aliphatic rings. The van der Waals surface area contributed by atoms with E-state index in [4.69, 9.17) is 9.47 Å². The highest BCUT2D eigenvalue weighted by molar-refractivity contribution is 6.40. The number of methoxy groups -OCH3 is 1. The van der Waals surface area contributed by atoms with Crippen molar-refractivity contribution in [1.29, 1.82) is 0 Å². The molecule has 0 saturated heterocycles. The van der Waals surface area contributed by atoms with Crippen molar-refractivity contribution < 1.29 is 19.1 Å². The van der Waals surface area contributed by atoms with Gasteiger partial charge in [-0.2, -0.15) is 5.10 Å². The summed E-state index contributed by atoms with van der Waals surface area (Å²) in [7, 11) is 1.61. The minimum absolute atomic E-state index is 0.117. The van der Waals surface area contributed by atoms with Crippen molar-refractivity contribution in [2.24, 2.45) is 5.10 Å². The van der Waals surface area contributed by atoms with E-state index in [0.29, 0.717) is 43.5 Å². The zero-order chi connectivity index (χ0) is 21.5. The Morgan fingerprint density at radius 3 is 2.73 bits per heavy atom. The number of hydrazone groups is 1. The third kappa shape index (κ3) is 5.42. The highest BCUT2D eigenvalue weighted by atomic mass is 16.5. The van der Waals surface area contributed by atoms with Crippen LogP contribution in [-0.4, -0.2) is 42.8 Å². The first-order chi connectivity index (χ1) is 14.5. The van der Waals surface area contributed by atoms with E-state index >= 15 is 0 Å². The van der Waals surface area contributed by atoms with Crippen LogP contribution in [0.4, 0.5) is 5.69 Å². The minimum Gasteiger partial charge on any atom is -0.475 e. The number of pyridine rings is 1. The summed E-state index contributed by atoms with van der Waals surface area (Å²) in [5.74, 6) is 0.0909. The maximum Gasteiger partial charge on any atom is 0.267 e. The molecule has 2 amide bonds. The van der Waals surface area contributed by atoms with Gasteiger partial charge in [-0.25, -0.2) is 9.99 Å². The fourth-order valence-electron chi connectivity index (χ4n) is 2.97. The summed E-state index contributed by atoms with van der Waals surface area (Å²) < 4.78 is 10.4. The molecule has 1 aromatic heterocycles. The Bertz CT molecular complexity index is 941. The maximum absolute atomic E-state index is 12.6. The van der Waals surface area contributed by atoms with E-state index in [2.05, 4.69) is 15.4 Å². The highest BCUT2D eigenvalue weighted by Crippen LogP contribution is 2.25. The van der Waals surface area contributed by atoms with Gasteiger partial charge in [0.25, 0.3) is 5.91 Å². The number of ether oxygens (including phenoxy) is 2. The van der Waals surface area contributed by atoms with Gasteiger partial charge in [0.15, 0.2) is 0 Å². The van der Waals surface area contributed by atoms with Gasteiger partial charge in [0, 0.05) is 38.8 Å². The zero-order valence-corrected chi connectivity index (χ0v) is 17.5. The lowest BCUT2D eigenvalue weighted by Crippen LogP contribution is -2.39. The number of aromatic nitrogens is 1. The van der Waals surface area contributed by atoms with Gasteiger partial charge in [0.2, 0.25) is 11.8 Å². The molecular formula is C22H26N4O4. The molecule has 3 rings (SSSR count). The van der Waals surface area contributed by atoms with Gasteiger partial charge in [-0.3, -0.25) is 9.59 Å². The van der Waals surface area contributed by atoms with Crippen molar-refractivity contribution in [3.63, 3.8) is 0 Å². The Labute approximate surface area is 175 Å². The predicted molar refractivity (Wildman–Crippen MR) is 114 cm³/mol. The van der Waals surface area contributed by atoms with Crippen LogP contribution < -0.4 is 15.1 Å². The van der Waals surface area contributed by atoms with Gasteiger partial charge in [-0.1, -0.05) is 18.2 Å². The molecule has 0 spiro atoms. The average Bonchev–Trinajstić information content (AvgIpc) is 2.75. The monoisotopic (exact) mass is 410 g/mol. The molecule has 2 heterocycles. The minimum atomic E-state index is -0.293. The van der Waals surface area contributed by atoms with Crippen LogP contribution in [0.5, 0.6) is 5.88 Å². The maximum atomic E-state index is 12.6. The van der Waals surface area contributed by atoms with Crippen LogP contribution in [0.15, 0.2) is 41.6 Å². The third-order valence-electron chi connectivity index (χ3n) is 4.68. The van der Waals surface area contributed by atoms with E-state index in [9.17, 15) is 9.59 Å². The van der Waals surface area contributed by atoms with Crippen LogP contribution in [0.25, 0.3) is 0 Å². The lowest BCUT2D eigenvalue weighted by Gasteiger charge is -2.24. The van der Waals surface area contributed by atoms with Gasteiger partial charge in [-0.15, -0.1) is 0 Å². The molecule has 158 valence electrons. The molecule has 0 radical (unpaired) electrons. The number of hydrogen-bond donors (Lipinski definition) is 1. The van der Waals surface area contributed by atoms with Crippen molar-refractivity contribution >= 4 is 23.2 Å². The molecule has 1 aliphatic heterocycles. The molecule has 30 heavy (non-hydrogen) atoms. The van der Waals surface area contributed by atoms with E-state index < -0.39 is 0 Å². The lowest BCUT2D eigenvalue weighted by molar-refractivity contribution is -0.119. The van der Waals surface area contributed by atoms with Crippen LogP contribution in [0.1, 0.15) is 29.5 Å². The quantitative estimate of drug-likeness (QED) is 0.675. The number of carbonyl (C=O) groups is 2. The third-order valence-corrected chi connectivity index (χ3v) is 4.68. The fourth-order valence-corrected chi connectivity index (χ4v) is 2.97. The molecule has 0 saturated carbocycles. The summed E-state index contributed by atoms with van der Waals surface area (Å²) in [6.45, 7) is 5.09. The van der Waals surface area contributed by atoms with Crippen LogP contribution in [0.3, 0.4) is 0 Å². The van der Waals surface area contributed by atoms with Gasteiger partial charge in [0.05, 0.1) is 12.3 Å². The van der Waals surface area contributed by atoms with E-state index in [1.165, 1.54) is 5.01 Å². The molecule has 0 fully saturated rings. The number of anilines is 1. The molecule has 1 N–H and O–H groups in total. The molecule has 8 nitrogen and oxygen atoms in total. The number of nitrogens with zero attached hydrogens (tertiary/aromatic N) is 3. The summed E-state index contributed by atoms with van der Waals surface area (Å²) in [5.41, 5.74) is 3.83. The average molecular weight is 410 g/mol. The van der Waals surface area contributed by atoms with Crippen LogP contribution in [-0.2, 0) is 20.9 Å². The standard InChI is InChI=1S/C22H26N4O4/c1-15-4-5-16(2)19(12-15)26-21(27)9-7-18(25-26)22(28)24-14-17-6-8-20(23-13-17)30-11-10-29-3/h4-6,8,12-13H,7,9-11,14H2,1-3H3,(H,24,28). The smallest absolute Gasteiger partial charge is 0.267 e. The number of carbonyl (C=O) groups excluding carboxylic acids is 2. The van der Waals surface area contributed by atoms with Crippen LogP contribution in [0, 0.1) is 13.8 Å². The first-order valence-corrected chi connectivity index (χ1v) is 9.80. The van der Waals surface area contributed by atoms with Gasteiger partial charge in [-0.05, 0) is 36.6 Å². The van der Waals surface area contributed by atoms with Crippen molar-refractivity contribution in [3.8, 4) is 5.88 Å². The van der Waals surface area contributed by atoms with E-state index in [1.54, 1.807) is 19.4 Å². The topological polar surface area (TPSA) is 93.1 Å². The van der Waals surface area contributed by atoms with Crippen LogP contribution in [0.2, 0.25) is 0 Å². The summed E-state index contributed by atoms with van der Waals surface area (Å²) in [6, 6.07) is 9.41. The van der Waals surface area contributed by atoms with Gasteiger partial charge >= 0.3 is 0 Å². The second-order valence-electron chi connectivity index (χ2n) is 7.07. The molecule has 2 aromatic rings. The highest BCUT2D eigenvalue weighted by Gasteiger charge is 2.26. The van der Waals surface area contributed by atoms with Crippen LogP contribution >= 0.6 is 0 Å². The van der Waals surface area contributed by atoms with Crippen molar-refractivity contribution in [2.75, 3.05) is 25.3 Å². The summed E-state index contributed by atoms with van der Waals surface area (Å²) >= 11 is 0. The van der Waals surface area contributed by atoms with E-state index in [0.717, 1.165) is 16.7 Å². The number of aryl methyl sites for hydroxylation is 2. The second kappa shape index (κ2) is 9.98. The fraction of sp³-hybridized carbons (Fsp3) is 0.364. The summed E-state index contributed by atoms with van der Waals surface area (Å²) in [4.78, 5) is 29.2. The Morgan fingerprint density at radius 2 is 2.00 bits per heavy atom. The molecule has 0 aliphatic carbocycles. The van der Waals surface area contributed by atoms with Gasteiger partial charge in [0.1, 0.15) is 12.3 Å². The Balaban J connectivity index is 1.63. The first kappa shape index (κ1) is 21.4. The Morgan fingerprint density at radius 1 is 1.17 bits per heavy atom. The molecule has 0 unspecified atom stereocenters. The number of rotatable bonds is 8. The largest absolute Gasteiger partial charge is 0.475 e. The van der Waals surface area contributed by atoms with Crippen molar-refractivity contribution in [3.05, 3.63) is 53.2 Å². The summed E-state index contributed by atoms with van der Waals surface area (Å²) in [6.07, 6.45) is 2.21. The Hall–Kier alpha value is -3.26. The Kier molecular flexibility index (Phi) is 7.13. The SMILES string of the molecule is COCCOc1ccc(CNC(=O)C2=NN(c3cc(C)ccc3C)C(=O)CC2)cn1. The first-order valence-electron chi connectivity index (χ1n) is 9.80. The van der Waals surface area contributed by atoms with Gasteiger partial charge < -0.3 is 14.8 Å². The van der Waals surface area contributed by atoms with Crippen molar-refractivity contribution in [2.45, 2.75) is 33.2 Å². The van der Waals surface area contributed by atoms with Crippen molar-refractivity contribution in [1.82, 2.24) is 10.3 Å². The van der Waals surface area contributed by atoms with E-state index in [-0.39, 0.29) is 18.2 Å². The molecule has 0 bridgehead atoms. The van der Waals surface area contributed by atoms with E-state index in [1.807, 2.05) is 38.1 Å². The summed E-state index contributed by atoms with van der Waals surface area (Å²) in [5, 5.41) is 8.53. The molecular weight excluding hydrogens is 384 g/mol. The molecule has 1 aromatic carbocycles. The number of nitrogens with one attached hydrogen (secondary N) is 1. The molecule has 0 atom stereocenters. The number of benzene rings is 1. The predicted octanol–water partition coefficient (Wildman–Crippen LogP) is 2.52. The lowest BCUT2D eigenvalue weighted by atomic mass is 10.1.